The third kappa shape index (κ3) is 4.38. The maximum absolute atomic E-state index is 13.4. The van der Waals surface area contributed by atoms with Crippen molar-refractivity contribution in [2.24, 2.45) is 23.7 Å². The van der Waals surface area contributed by atoms with Crippen molar-refractivity contribution in [1.82, 2.24) is 4.90 Å². The van der Waals surface area contributed by atoms with Crippen molar-refractivity contribution >= 4 is 17.8 Å². The van der Waals surface area contributed by atoms with Crippen LogP contribution in [0.2, 0.25) is 0 Å². The molecule has 180 valence electrons. The lowest BCUT2D eigenvalue weighted by atomic mass is 9.63. The minimum absolute atomic E-state index is 0.0781. The number of carbonyl (C=O) groups is 3. The quantitative estimate of drug-likeness (QED) is 0.382. The van der Waals surface area contributed by atoms with Gasteiger partial charge in [0, 0.05) is 24.8 Å². The van der Waals surface area contributed by atoms with Crippen LogP contribution in [0.1, 0.15) is 70.0 Å². The lowest BCUT2D eigenvalue weighted by molar-refractivity contribution is -0.270. The van der Waals surface area contributed by atoms with Crippen molar-refractivity contribution in [2.75, 3.05) is 6.54 Å². The van der Waals surface area contributed by atoms with Gasteiger partial charge in [-0.1, -0.05) is 31.9 Å². The second-order valence-corrected chi connectivity index (χ2v) is 9.68. The number of aliphatic hydroxyl groups is 1. The molecule has 0 unspecified atom stereocenters. The SMILES string of the molecule is CCC[C@H]1C[C@@H]2C(=O)N(CCCCCC(=O)O)C(=O)[C@@H]2[C@@H]2C[C@@H](c3cccc(O)c3)O[C@]12O. The Kier molecular flexibility index (Phi) is 6.77. The summed E-state index contributed by atoms with van der Waals surface area (Å²) in [5.74, 6) is -4.45. The van der Waals surface area contributed by atoms with Crippen LogP contribution in [0.5, 0.6) is 5.75 Å². The number of aromatic hydroxyl groups is 1. The maximum Gasteiger partial charge on any atom is 0.303 e. The number of benzene rings is 1. The second-order valence-electron chi connectivity index (χ2n) is 9.68. The van der Waals surface area contributed by atoms with Crippen molar-refractivity contribution in [3.63, 3.8) is 0 Å². The molecular weight excluding hydrogens is 426 g/mol. The Morgan fingerprint density at radius 2 is 1.97 bits per heavy atom. The molecule has 2 amide bonds. The van der Waals surface area contributed by atoms with Gasteiger partial charge >= 0.3 is 5.97 Å². The molecule has 0 spiro atoms. The largest absolute Gasteiger partial charge is 0.508 e. The van der Waals surface area contributed by atoms with E-state index in [9.17, 15) is 24.6 Å². The molecule has 1 aromatic rings. The van der Waals surface area contributed by atoms with Crippen LogP contribution in [0.25, 0.3) is 0 Å². The summed E-state index contributed by atoms with van der Waals surface area (Å²) in [6, 6.07) is 6.75. The Balaban J connectivity index is 1.54. The number of aliphatic carboxylic acids is 1. The predicted octanol–water partition coefficient (Wildman–Crippen LogP) is 3.22. The molecule has 0 bridgehead atoms. The first-order valence-electron chi connectivity index (χ1n) is 12.0. The minimum Gasteiger partial charge on any atom is -0.508 e. The fourth-order valence-corrected chi connectivity index (χ4v) is 6.10. The fraction of sp³-hybridized carbons (Fsp3) is 0.640. The first-order valence-corrected chi connectivity index (χ1v) is 12.0. The Morgan fingerprint density at radius 1 is 1.18 bits per heavy atom. The third-order valence-corrected chi connectivity index (χ3v) is 7.61. The number of nitrogens with zero attached hydrogens (tertiary/aromatic N) is 1. The second kappa shape index (κ2) is 9.43. The molecule has 8 nitrogen and oxygen atoms in total. The molecule has 2 heterocycles. The number of phenols is 1. The predicted molar refractivity (Wildman–Crippen MR) is 118 cm³/mol. The summed E-state index contributed by atoms with van der Waals surface area (Å²) in [4.78, 5) is 38.6. The van der Waals surface area contributed by atoms with E-state index in [2.05, 4.69) is 0 Å². The van der Waals surface area contributed by atoms with Crippen molar-refractivity contribution in [1.29, 1.82) is 0 Å². The first kappa shape index (κ1) is 23.7. The van der Waals surface area contributed by atoms with Crippen LogP contribution in [0, 0.1) is 23.7 Å². The van der Waals surface area contributed by atoms with E-state index in [0.717, 1.165) is 12.0 Å². The monoisotopic (exact) mass is 459 g/mol. The molecule has 2 aliphatic heterocycles. The first-order chi connectivity index (χ1) is 15.8. The van der Waals surface area contributed by atoms with Gasteiger partial charge in [0.2, 0.25) is 11.8 Å². The van der Waals surface area contributed by atoms with Crippen LogP contribution in [0.15, 0.2) is 24.3 Å². The number of carbonyl (C=O) groups excluding carboxylic acids is 2. The highest BCUT2D eigenvalue weighted by atomic mass is 16.6. The van der Waals surface area contributed by atoms with E-state index in [1.807, 2.05) is 13.0 Å². The molecule has 8 heteroatoms. The number of carboxylic acids is 1. The molecule has 0 radical (unpaired) electrons. The van der Waals surface area contributed by atoms with E-state index < -0.39 is 35.6 Å². The number of hydrogen-bond donors (Lipinski definition) is 3. The summed E-state index contributed by atoms with van der Waals surface area (Å²) in [6.07, 6.45) is 3.68. The van der Waals surface area contributed by atoms with Gasteiger partial charge in [-0.05, 0) is 49.8 Å². The number of imide groups is 1. The third-order valence-electron chi connectivity index (χ3n) is 7.61. The molecule has 4 rings (SSSR count). The van der Waals surface area contributed by atoms with Crippen LogP contribution >= 0.6 is 0 Å². The zero-order chi connectivity index (χ0) is 23.8. The van der Waals surface area contributed by atoms with E-state index in [-0.39, 0.29) is 36.4 Å². The highest BCUT2D eigenvalue weighted by Crippen LogP contribution is 2.59. The topological polar surface area (TPSA) is 124 Å². The summed E-state index contributed by atoms with van der Waals surface area (Å²) < 4.78 is 6.23. The molecule has 1 aromatic carbocycles. The Hall–Kier alpha value is -2.45. The van der Waals surface area contributed by atoms with E-state index >= 15 is 0 Å². The molecule has 33 heavy (non-hydrogen) atoms. The van der Waals surface area contributed by atoms with Crippen molar-refractivity contribution in [2.45, 2.75) is 70.2 Å². The van der Waals surface area contributed by atoms with Gasteiger partial charge < -0.3 is 20.1 Å². The molecule has 3 fully saturated rings. The number of rotatable bonds is 9. The Bertz CT molecular complexity index is 918. The highest BCUT2D eigenvalue weighted by Gasteiger charge is 2.66. The number of likely N-dealkylation sites (tertiary alicyclic amines) is 1. The van der Waals surface area contributed by atoms with Crippen molar-refractivity contribution in [3.05, 3.63) is 29.8 Å². The summed E-state index contributed by atoms with van der Waals surface area (Å²) in [7, 11) is 0. The molecule has 6 atom stereocenters. The standard InChI is InChI=1S/C25H33NO7/c1-2-7-16-13-18-22(24(31)26(23(18)30)11-5-3-4-10-21(28)29)19-14-20(33-25(16,19)32)15-8-6-9-17(27)12-15/h6,8-9,12,16,18-20,22,27,32H,2-5,7,10-11,13-14H2,1H3,(H,28,29)/t16-,18-,19-,20-,22-,25+/m0/s1. The van der Waals surface area contributed by atoms with Gasteiger partial charge in [-0.2, -0.15) is 0 Å². The summed E-state index contributed by atoms with van der Waals surface area (Å²) in [6.45, 7) is 2.31. The van der Waals surface area contributed by atoms with Crippen molar-refractivity contribution in [3.8, 4) is 5.75 Å². The number of ether oxygens (including phenoxy) is 1. The lowest BCUT2D eigenvalue weighted by Crippen LogP contribution is -2.53. The van der Waals surface area contributed by atoms with E-state index in [1.165, 1.54) is 4.90 Å². The summed E-state index contributed by atoms with van der Waals surface area (Å²) in [5.41, 5.74) is 0.747. The van der Waals surface area contributed by atoms with Gasteiger partial charge in [0.25, 0.3) is 0 Å². The normalized spacial score (nSPS) is 33.3. The van der Waals surface area contributed by atoms with E-state index in [4.69, 9.17) is 9.84 Å². The zero-order valence-electron chi connectivity index (χ0n) is 19.0. The summed E-state index contributed by atoms with van der Waals surface area (Å²) in [5, 5.41) is 30.4. The molecule has 0 aromatic heterocycles. The lowest BCUT2D eigenvalue weighted by Gasteiger charge is -2.44. The number of hydrogen-bond acceptors (Lipinski definition) is 6. The summed E-state index contributed by atoms with van der Waals surface area (Å²) >= 11 is 0. The Morgan fingerprint density at radius 3 is 2.67 bits per heavy atom. The molecular formula is C25H33NO7. The molecule has 2 saturated heterocycles. The average Bonchev–Trinajstić information content (AvgIpc) is 3.24. The smallest absolute Gasteiger partial charge is 0.303 e. The fourth-order valence-electron chi connectivity index (χ4n) is 6.10. The molecule has 3 N–H and O–H groups in total. The number of phenolic OH excluding ortho intramolecular Hbond substituents is 1. The van der Waals surface area contributed by atoms with Crippen LogP contribution in [-0.4, -0.2) is 50.3 Å². The maximum atomic E-state index is 13.4. The van der Waals surface area contributed by atoms with Gasteiger partial charge in [0.1, 0.15) is 5.75 Å². The molecule has 3 aliphatic rings. The minimum atomic E-state index is -1.49. The van der Waals surface area contributed by atoms with E-state index in [0.29, 0.717) is 38.5 Å². The number of amides is 2. The Labute approximate surface area is 193 Å². The number of carboxylic acid groups (broad SMARTS) is 1. The average molecular weight is 460 g/mol. The highest BCUT2D eigenvalue weighted by molar-refractivity contribution is 6.05. The van der Waals surface area contributed by atoms with E-state index in [1.54, 1.807) is 18.2 Å². The number of fused-ring (bicyclic) bond motifs is 3. The molecule has 1 aliphatic carbocycles. The van der Waals surface area contributed by atoms with Gasteiger partial charge in [0.05, 0.1) is 17.9 Å². The van der Waals surface area contributed by atoms with Crippen LogP contribution < -0.4 is 0 Å². The van der Waals surface area contributed by atoms with Crippen LogP contribution in [0.4, 0.5) is 0 Å². The van der Waals surface area contributed by atoms with Crippen molar-refractivity contribution < 1.29 is 34.4 Å². The number of unbranched alkanes of at least 4 members (excludes halogenated alkanes) is 2. The van der Waals surface area contributed by atoms with Crippen LogP contribution in [-0.2, 0) is 19.1 Å². The van der Waals surface area contributed by atoms with Gasteiger partial charge in [-0.25, -0.2) is 0 Å². The molecule has 1 saturated carbocycles. The van der Waals surface area contributed by atoms with Gasteiger partial charge in [-0.15, -0.1) is 0 Å². The van der Waals surface area contributed by atoms with Crippen LogP contribution in [0.3, 0.4) is 0 Å². The zero-order valence-corrected chi connectivity index (χ0v) is 19.0. The van der Waals surface area contributed by atoms with Gasteiger partial charge in [-0.3, -0.25) is 19.3 Å². The van der Waals surface area contributed by atoms with Gasteiger partial charge in [0.15, 0.2) is 5.79 Å².